The van der Waals surface area contributed by atoms with E-state index in [0.29, 0.717) is 23.5 Å². The molecule has 1 atom stereocenters. The zero-order valence-corrected chi connectivity index (χ0v) is 45.9. The summed E-state index contributed by atoms with van der Waals surface area (Å²) in [5, 5.41) is 0. The van der Waals surface area contributed by atoms with Gasteiger partial charge < -0.3 is 8.37 Å². The predicted molar refractivity (Wildman–Crippen MR) is 277 cm³/mol. The quantitative estimate of drug-likeness (QED) is 0.0751. The van der Waals surface area contributed by atoms with Gasteiger partial charge >= 0.3 is 20.2 Å². The third-order valence-corrected chi connectivity index (χ3v) is 20.0. The molecule has 0 aliphatic heterocycles. The van der Waals surface area contributed by atoms with E-state index in [1.54, 1.807) is 20.8 Å². The highest BCUT2D eigenvalue weighted by Crippen LogP contribution is 2.49. The first-order valence-corrected chi connectivity index (χ1v) is 31.4. The minimum atomic E-state index is -4.60. The summed E-state index contributed by atoms with van der Waals surface area (Å²) in [4.78, 5) is -0.319. The summed E-state index contributed by atoms with van der Waals surface area (Å²) in [5.41, 5.74) is 5.63. The van der Waals surface area contributed by atoms with Gasteiger partial charge in [-0.2, -0.15) is 33.7 Å². The lowest BCUT2D eigenvalue weighted by molar-refractivity contribution is 0.293. The minimum Gasteiger partial charge on any atom is -0.379 e. The summed E-state index contributed by atoms with van der Waals surface area (Å²) < 4.78 is 139. The number of aryl methyl sites for hydroxylation is 1. The second kappa shape index (κ2) is 22.0. The van der Waals surface area contributed by atoms with Gasteiger partial charge in [0.1, 0.15) is 21.3 Å². The van der Waals surface area contributed by atoms with E-state index in [2.05, 4.69) is 32.9 Å². The fourth-order valence-corrected chi connectivity index (χ4v) is 16.1. The molecule has 0 aromatic heterocycles. The SMILES string of the molecule is Cc1cc(S(=O)(=O)O)c(C(C)C)cc1OS(=O)(=O)c1c(C2CCCCC2)cc(C2CCCCC2)cc1C1CCC(CC(C)c2cc(C(C)C)cc(C(C)C)c2S(=O)(=O)Oc2ccc(S(=O)(=O)O)cc2)CC1. The van der Waals surface area contributed by atoms with E-state index >= 15 is 8.42 Å². The average molecular weight is 1060 g/mol. The second-order valence-corrected chi connectivity index (χ2v) is 27.5. The molecule has 3 fully saturated rings. The van der Waals surface area contributed by atoms with Crippen LogP contribution in [0.3, 0.4) is 0 Å². The summed E-state index contributed by atoms with van der Waals surface area (Å²) in [6, 6.07) is 15.6. The van der Waals surface area contributed by atoms with Gasteiger partial charge in [-0.05, 0) is 193 Å². The molecule has 390 valence electrons. The molecule has 0 radical (unpaired) electrons. The van der Waals surface area contributed by atoms with Crippen molar-refractivity contribution in [2.45, 2.75) is 213 Å². The summed E-state index contributed by atoms with van der Waals surface area (Å²) in [6.45, 7) is 15.2. The lowest BCUT2D eigenvalue weighted by atomic mass is 9.72. The smallest absolute Gasteiger partial charge is 0.339 e. The van der Waals surface area contributed by atoms with Crippen molar-refractivity contribution >= 4 is 40.5 Å². The van der Waals surface area contributed by atoms with E-state index in [9.17, 15) is 34.4 Å². The third-order valence-electron chi connectivity index (χ3n) is 15.5. The highest BCUT2D eigenvalue weighted by Gasteiger charge is 2.38. The molecule has 0 bridgehead atoms. The van der Waals surface area contributed by atoms with Crippen LogP contribution in [-0.4, -0.2) is 42.8 Å². The minimum absolute atomic E-state index is 0.0275. The summed E-state index contributed by atoms with van der Waals surface area (Å²) in [6.07, 6.45) is 14.1. The molecule has 0 saturated heterocycles. The maximum atomic E-state index is 15.2. The Morgan fingerprint density at radius 1 is 0.521 bits per heavy atom. The molecule has 4 aromatic rings. The van der Waals surface area contributed by atoms with Crippen LogP contribution in [0.4, 0.5) is 0 Å². The van der Waals surface area contributed by atoms with Crippen molar-refractivity contribution in [1.82, 2.24) is 0 Å². The van der Waals surface area contributed by atoms with E-state index < -0.39 is 40.5 Å². The fourth-order valence-electron chi connectivity index (χ4n) is 11.6. The Bertz CT molecular complexity index is 3010. The Hall–Kier alpha value is -3.80. The molecule has 0 amide bonds. The van der Waals surface area contributed by atoms with E-state index in [1.807, 2.05) is 26.0 Å². The second-order valence-electron chi connectivity index (χ2n) is 21.7. The van der Waals surface area contributed by atoms with Crippen LogP contribution in [-0.2, 0) is 40.5 Å². The molecular formula is C55H74O12S4. The van der Waals surface area contributed by atoms with Crippen molar-refractivity contribution in [3.8, 4) is 11.5 Å². The van der Waals surface area contributed by atoms with Crippen LogP contribution in [0, 0.1) is 12.8 Å². The van der Waals surface area contributed by atoms with Gasteiger partial charge in [0.25, 0.3) is 20.2 Å². The maximum absolute atomic E-state index is 15.2. The molecule has 1 unspecified atom stereocenters. The zero-order valence-electron chi connectivity index (χ0n) is 42.6. The van der Waals surface area contributed by atoms with Crippen molar-refractivity contribution in [2.24, 2.45) is 5.92 Å². The number of benzene rings is 4. The molecule has 71 heavy (non-hydrogen) atoms. The lowest BCUT2D eigenvalue weighted by Gasteiger charge is -2.34. The van der Waals surface area contributed by atoms with Crippen LogP contribution in [0.5, 0.6) is 11.5 Å². The van der Waals surface area contributed by atoms with Crippen LogP contribution >= 0.6 is 0 Å². The van der Waals surface area contributed by atoms with Crippen LogP contribution in [0.1, 0.15) is 231 Å². The number of hydrogen-bond donors (Lipinski definition) is 2. The van der Waals surface area contributed by atoms with Gasteiger partial charge in [0, 0.05) is 0 Å². The largest absolute Gasteiger partial charge is 0.379 e. The lowest BCUT2D eigenvalue weighted by Crippen LogP contribution is -2.23. The first-order valence-electron chi connectivity index (χ1n) is 25.7. The Morgan fingerprint density at radius 2 is 1.03 bits per heavy atom. The van der Waals surface area contributed by atoms with Gasteiger partial charge in [0.15, 0.2) is 0 Å². The first-order chi connectivity index (χ1) is 33.2. The van der Waals surface area contributed by atoms with Gasteiger partial charge in [-0.25, -0.2) is 0 Å². The van der Waals surface area contributed by atoms with Gasteiger partial charge in [-0.3, -0.25) is 9.11 Å². The highest BCUT2D eigenvalue weighted by atomic mass is 32.2. The predicted octanol–water partition coefficient (Wildman–Crippen LogP) is 14.0. The van der Waals surface area contributed by atoms with E-state index in [0.717, 1.165) is 112 Å². The van der Waals surface area contributed by atoms with Crippen LogP contribution in [0.15, 0.2) is 80.2 Å². The van der Waals surface area contributed by atoms with E-state index in [1.165, 1.54) is 36.2 Å². The molecule has 0 spiro atoms. The molecule has 7 rings (SSSR count). The number of hydrogen-bond acceptors (Lipinski definition) is 10. The summed E-state index contributed by atoms with van der Waals surface area (Å²) >= 11 is 0. The van der Waals surface area contributed by atoms with Crippen molar-refractivity contribution in [3.63, 3.8) is 0 Å². The summed E-state index contributed by atoms with van der Waals surface area (Å²) in [7, 11) is -18.0. The first kappa shape index (κ1) is 55.0. The Morgan fingerprint density at radius 3 is 1.54 bits per heavy atom. The van der Waals surface area contributed by atoms with Gasteiger partial charge in [-0.15, -0.1) is 0 Å². The van der Waals surface area contributed by atoms with Crippen molar-refractivity contribution < 1.29 is 51.1 Å². The van der Waals surface area contributed by atoms with Gasteiger partial charge in [-0.1, -0.05) is 111 Å². The molecule has 0 heterocycles. The van der Waals surface area contributed by atoms with Crippen molar-refractivity contribution in [2.75, 3.05) is 0 Å². The third kappa shape index (κ3) is 12.8. The van der Waals surface area contributed by atoms with Crippen LogP contribution in [0.25, 0.3) is 0 Å². The van der Waals surface area contributed by atoms with Crippen molar-refractivity contribution in [3.05, 3.63) is 105 Å². The van der Waals surface area contributed by atoms with E-state index in [-0.39, 0.29) is 83.6 Å². The highest BCUT2D eigenvalue weighted by molar-refractivity contribution is 7.87. The Balaban J connectivity index is 1.24. The van der Waals surface area contributed by atoms with Crippen molar-refractivity contribution in [1.29, 1.82) is 0 Å². The van der Waals surface area contributed by atoms with E-state index in [4.69, 9.17) is 8.37 Å². The topological polar surface area (TPSA) is 195 Å². The molecule has 2 N–H and O–H groups in total. The molecular weight excluding hydrogens is 981 g/mol. The average Bonchev–Trinajstić information content (AvgIpc) is 3.31. The zero-order chi connectivity index (χ0) is 51.8. The Labute approximate surface area is 424 Å². The molecule has 3 aliphatic rings. The molecule has 4 aromatic carbocycles. The van der Waals surface area contributed by atoms with Gasteiger partial charge in [0.2, 0.25) is 0 Å². The molecule has 16 heteroatoms. The molecule has 3 saturated carbocycles. The van der Waals surface area contributed by atoms with Crippen LogP contribution < -0.4 is 8.37 Å². The Kier molecular flexibility index (Phi) is 17.0. The maximum Gasteiger partial charge on any atom is 0.339 e. The normalized spacial score (nSPS) is 19.6. The standard InChI is InChI=1S/C55H74O12S4/c1-34(2)43-29-48(36(5)6)54(70(62,63)66-45-23-25-46(26-24-45)68(56,57)58)49(30-43)37(7)27-39-19-21-42(22-20-39)51-32-44(40-15-11-9-12-16-40)31-50(41-17-13-10-14-18-41)55(51)71(64,65)67-52-33-47(35(3)4)53(28-38(52)8)69(59,60)61/h23-26,28-37,39-42H,9-22,27H2,1-8H3,(H,56,57,58)(H,59,60,61). The monoisotopic (exact) mass is 1050 g/mol. The summed E-state index contributed by atoms with van der Waals surface area (Å²) in [5.74, 6) is -0.248. The molecule has 12 nitrogen and oxygen atoms in total. The molecule has 3 aliphatic carbocycles. The number of rotatable bonds is 17. The van der Waals surface area contributed by atoms with Crippen LogP contribution in [0.2, 0.25) is 0 Å². The fraction of sp³-hybridized carbons (Fsp3) is 0.564. The van der Waals surface area contributed by atoms with Gasteiger partial charge in [0.05, 0.1) is 9.79 Å².